The van der Waals surface area contributed by atoms with Crippen molar-refractivity contribution < 1.29 is 19.1 Å². The highest BCUT2D eigenvalue weighted by Gasteiger charge is 2.30. The van der Waals surface area contributed by atoms with Crippen LogP contribution in [-0.4, -0.2) is 60.5 Å². The summed E-state index contributed by atoms with van der Waals surface area (Å²) in [6.45, 7) is 3.50. The van der Waals surface area contributed by atoms with Crippen LogP contribution in [-0.2, 0) is 19.5 Å². The molecule has 0 unspecified atom stereocenters. The lowest BCUT2D eigenvalue weighted by molar-refractivity contribution is 0.0722. The van der Waals surface area contributed by atoms with Gasteiger partial charge in [0.05, 0.1) is 19.8 Å². The van der Waals surface area contributed by atoms with E-state index in [0.717, 1.165) is 84.8 Å². The minimum absolute atomic E-state index is 0.0208. The van der Waals surface area contributed by atoms with Gasteiger partial charge in [0, 0.05) is 61.8 Å². The van der Waals surface area contributed by atoms with Gasteiger partial charge in [-0.05, 0) is 79.6 Å². The minimum Gasteiger partial charge on any atom is -0.497 e. The lowest BCUT2D eigenvalue weighted by atomic mass is 10.0. The Kier molecular flexibility index (Phi) is 6.85. The molecule has 0 saturated carbocycles. The zero-order valence-corrected chi connectivity index (χ0v) is 22.6. The number of ether oxygens (including phenoxy) is 2. The number of anilines is 2. The first-order valence-corrected chi connectivity index (χ1v) is 13.7. The summed E-state index contributed by atoms with van der Waals surface area (Å²) in [7, 11) is 3.25. The van der Waals surface area contributed by atoms with Crippen LogP contribution in [0, 0.1) is 0 Å². The summed E-state index contributed by atoms with van der Waals surface area (Å²) >= 11 is 0. The molecule has 0 atom stereocenters. The molecule has 202 valence electrons. The van der Waals surface area contributed by atoms with Crippen molar-refractivity contribution in [2.24, 2.45) is 0 Å². The standard InChI is InChI=1S/C31H34N4O4/c1-38-26-10-8-22(28(17-26)39-2)19-34-20-24-16-25(9-11-27(24)31(34)37)35-14-6-7-21-15-23(18-32-29(21)35)30(36)33-12-4-3-5-13-33/h8-11,15-18H,3-7,12-14,19-20H2,1-2H3. The Balaban J connectivity index is 1.22. The number of amides is 2. The fraction of sp³-hybridized carbons (Fsp3) is 0.387. The molecule has 8 heteroatoms. The Hall–Kier alpha value is -4.07. The van der Waals surface area contributed by atoms with E-state index >= 15 is 0 Å². The molecular weight excluding hydrogens is 492 g/mol. The number of hydrogen-bond acceptors (Lipinski definition) is 6. The Morgan fingerprint density at radius 2 is 1.77 bits per heavy atom. The number of aryl methyl sites for hydroxylation is 1. The van der Waals surface area contributed by atoms with Crippen LogP contribution in [0.5, 0.6) is 11.5 Å². The maximum atomic E-state index is 13.2. The number of aromatic nitrogens is 1. The number of benzene rings is 2. The third-order valence-electron chi connectivity index (χ3n) is 8.05. The van der Waals surface area contributed by atoms with Crippen LogP contribution in [0.4, 0.5) is 11.5 Å². The molecule has 6 rings (SSSR count). The number of likely N-dealkylation sites (tertiary alicyclic amines) is 1. The average Bonchev–Trinajstić information content (AvgIpc) is 3.30. The van der Waals surface area contributed by atoms with E-state index in [9.17, 15) is 9.59 Å². The van der Waals surface area contributed by atoms with Crippen molar-refractivity contribution in [3.8, 4) is 11.5 Å². The number of pyridine rings is 1. The molecule has 0 spiro atoms. The second-order valence-corrected chi connectivity index (χ2v) is 10.5. The fourth-order valence-electron chi connectivity index (χ4n) is 5.96. The van der Waals surface area contributed by atoms with Crippen molar-refractivity contribution in [1.29, 1.82) is 0 Å². The highest BCUT2D eigenvalue weighted by atomic mass is 16.5. The third kappa shape index (κ3) is 4.80. The summed E-state index contributed by atoms with van der Waals surface area (Å²) in [5.41, 5.74) is 5.49. The first kappa shape index (κ1) is 25.2. The normalized spacial score (nSPS) is 16.7. The molecule has 1 saturated heterocycles. The lowest BCUT2D eigenvalue weighted by Crippen LogP contribution is -2.36. The Bertz CT molecular complexity index is 1420. The van der Waals surface area contributed by atoms with Gasteiger partial charge in [-0.25, -0.2) is 4.98 Å². The second kappa shape index (κ2) is 10.6. The largest absolute Gasteiger partial charge is 0.497 e. The van der Waals surface area contributed by atoms with Crippen LogP contribution in [0.2, 0.25) is 0 Å². The van der Waals surface area contributed by atoms with Gasteiger partial charge in [0.1, 0.15) is 17.3 Å². The fourth-order valence-corrected chi connectivity index (χ4v) is 5.96. The monoisotopic (exact) mass is 526 g/mol. The molecule has 3 aliphatic heterocycles. The molecule has 0 aliphatic carbocycles. The molecule has 0 N–H and O–H groups in total. The van der Waals surface area contributed by atoms with Crippen molar-refractivity contribution in [3.05, 3.63) is 76.5 Å². The van der Waals surface area contributed by atoms with Gasteiger partial charge < -0.3 is 24.2 Å². The van der Waals surface area contributed by atoms with Gasteiger partial charge in [-0.15, -0.1) is 0 Å². The zero-order valence-electron chi connectivity index (χ0n) is 22.6. The number of piperidine rings is 1. The van der Waals surface area contributed by atoms with Gasteiger partial charge in [0.15, 0.2) is 0 Å². The highest BCUT2D eigenvalue weighted by Crippen LogP contribution is 2.36. The smallest absolute Gasteiger partial charge is 0.255 e. The molecule has 3 aromatic rings. The molecule has 1 aromatic heterocycles. The number of methoxy groups -OCH3 is 2. The SMILES string of the molecule is COc1ccc(CN2Cc3cc(N4CCCc5cc(C(=O)N6CCCCC6)cnc54)ccc3C2=O)c(OC)c1. The van der Waals surface area contributed by atoms with Crippen LogP contribution >= 0.6 is 0 Å². The van der Waals surface area contributed by atoms with Crippen LogP contribution in [0.15, 0.2) is 48.7 Å². The summed E-state index contributed by atoms with van der Waals surface area (Å²) in [4.78, 5) is 37.1. The molecule has 3 aliphatic rings. The summed E-state index contributed by atoms with van der Waals surface area (Å²) in [5, 5.41) is 0. The first-order valence-electron chi connectivity index (χ1n) is 13.7. The number of carbonyl (C=O) groups is 2. The van der Waals surface area contributed by atoms with Crippen molar-refractivity contribution in [2.75, 3.05) is 38.8 Å². The maximum Gasteiger partial charge on any atom is 0.255 e. The Labute approximate surface area is 229 Å². The summed E-state index contributed by atoms with van der Waals surface area (Å²) in [5.74, 6) is 2.43. The Morgan fingerprint density at radius 3 is 2.56 bits per heavy atom. The van der Waals surface area contributed by atoms with Crippen LogP contribution in [0.25, 0.3) is 0 Å². The van der Waals surface area contributed by atoms with Crippen molar-refractivity contribution in [3.63, 3.8) is 0 Å². The minimum atomic E-state index is 0.0208. The summed E-state index contributed by atoms with van der Waals surface area (Å²) in [6.07, 6.45) is 6.96. The topological polar surface area (TPSA) is 75.2 Å². The summed E-state index contributed by atoms with van der Waals surface area (Å²) in [6, 6.07) is 13.8. The first-order chi connectivity index (χ1) is 19.1. The van der Waals surface area contributed by atoms with E-state index in [4.69, 9.17) is 14.5 Å². The van der Waals surface area contributed by atoms with E-state index in [0.29, 0.717) is 24.4 Å². The zero-order chi connectivity index (χ0) is 26.9. The van der Waals surface area contributed by atoms with Crippen molar-refractivity contribution >= 4 is 23.3 Å². The van der Waals surface area contributed by atoms with E-state index in [-0.39, 0.29) is 11.8 Å². The van der Waals surface area contributed by atoms with Gasteiger partial charge in [0.2, 0.25) is 0 Å². The number of hydrogen-bond donors (Lipinski definition) is 0. The van der Waals surface area contributed by atoms with E-state index in [1.165, 1.54) is 6.42 Å². The van der Waals surface area contributed by atoms with Crippen molar-refractivity contribution in [2.45, 2.75) is 45.2 Å². The van der Waals surface area contributed by atoms with Gasteiger partial charge in [0.25, 0.3) is 11.8 Å². The van der Waals surface area contributed by atoms with E-state index in [1.54, 1.807) is 20.4 Å². The van der Waals surface area contributed by atoms with E-state index < -0.39 is 0 Å². The molecule has 1 fully saturated rings. The molecule has 0 bridgehead atoms. The number of nitrogens with zero attached hydrogens (tertiary/aromatic N) is 4. The van der Waals surface area contributed by atoms with Gasteiger partial charge >= 0.3 is 0 Å². The van der Waals surface area contributed by atoms with Crippen LogP contribution < -0.4 is 14.4 Å². The van der Waals surface area contributed by atoms with Gasteiger partial charge in [-0.3, -0.25) is 9.59 Å². The molecular formula is C31H34N4O4. The molecule has 2 amide bonds. The van der Waals surface area contributed by atoms with E-state index in [1.807, 2.05) is 46.2 Å². The molecule has 4 heterocycles. The number of carbonyl (C=O) groups excluding carboxylic acids is 2. The summed E-state index contributed by atoms with van der Waals surface area (Å²) < 4.78 is 10.9. The molecule has 39 heavy (non-hydrogen) atoms. The predicted octanol–water partition coefficient (Wildman–Crippen LogP) is 4.97. The van der Waals surface area contributed by atoms with Crippen LogP contribution in [0.3, 0.4) is 0 Å². The van der Waals surface area contributed by atoms with Crippen LogP contribution in [0.1, 0.15) is 63.1 Å². The highest BCUT2D eigenvalue weighted by molar-refractivity contribution is 5.99. The molecule has 8 nitrogen and oxygen atoms in total. The average molecular weight is 527 g/mol. The lowest BCUT2D eigenvalue weighted by Gasteiger charge is -2.31. The maximum absolute atomic E-state index is 13.2. The third-order valence-corrected chi connectivity index (χ3v) is 8.05. The Morgan fingerprint density at radius 1 is 0.923 bits per heavy atom. The van der Waals surface area contributed by atoms with Gasteiger partial charge in [-0.2, -0.15) is 0 Å². The van der Waals surface area contributed by atoms with E-state index in [2.05, 4.69) is 11.0 Å². The van der Waals surface area contributed by atoms with Crippen molar-refractivity contribution in [1.82, 2.24) is 14.8 Å². The second-order valence-electron chi connectivity index (χ2n) is 10.5. The number of rotatable bonds is 6. The molecule has 0 radical (unpaired) electrons. The van der Waals surface area contributed by atoms with Gasteiger partial charge in [-0.1, -0.05) is 0 Å². The number of fused-ring (bicyclic) bond motifs is 2. The molecule has 2 aromatic carbocycles. The predicted molar refractivity (Wildman–Crippen MR) is 149 cm³/mol. The quantitative estimate of drug-likeness (QED) is 0.452.